The van der Waals surface area contributed by atoms with Crippen LogP contribution in [0.5, 0.6) is 0 Å². The average molecular weight is 244 g/mol. The molecule has 1 aromatic heterocycles. The van der Waals surface area contributed by atoms with Crippen LogP contribution in [0.2, 0.25) is 0 Å². The van der Waals surface area contributed by atoms with Crippen LogP contribution < -0.4 is 4.90 Å². The van der Waals surface area contributed by atoms with Gasteiger partial charge in [0.15, 0.2) is 5.69 Å². The Hall–Kier alpha value is -2.01. The number of benzene rings is 1. The molecule has 1 aliphatic heterocycles. The number of anilines is 1. The van der Waals surface area contributed by atoms with Gasteiger partial charge in [-0.1, -0.05) is 18.2 Å². The van der Waals surface area contributed by atoms with E-state index in [-0.39, 0.29) is 17.5 Å². The molecule has 0 radical (unpaired) electrons. The average Bonchev–Trinajstić information content (AvgIpc) is 2.81. The number of para-hydroxylation sites is 1. The van der Waals surface area contributed by atoms with Gasteiger partial charge in [-0.3, -0.25) is 9.59 Å². The second-order valence-electron chi connectivity index (χ2n) is 3.69. The van der Waals surface area contributed by atoms with E-state index in [9.17, 15) is 9.59 Å². The van der Waals surface area contributed by atoms with Crippen LogP contribution in [0.3, 0.4) is 0 Å². The molecule has 3 rings (SSSR count). The number of carbonyl (C=O) groups is 2. The fourth-order valence-corrected chi connectivity index (χ4v) is 2.67. The Balaban J connectivity index is 2.10. The van der Waals surface area contributed by atoms with Crippen molar-refractivity contribution in [3.05, 3.63) is 45.9 Å². The van der Waals surface area contributed by atoms with Crippen LogP contribution >= 0.6 is 11.3 Å². The molecular weight excluding hydrogens is 236 g/mol. The first-order chi connectivity index (χ1) is 8.18. The quantitative estimate of drug-likeness (QED) is 0.723. The van der Waals surface area contributed by atoms with Crippen LogP contribution in [0.4, 0.5) is 5.69 Å². The molecule has 5 heteroatoms. The van der Waals surface area contributed by atoms with Gasteiger partial charge in [-0.05, 0) is 19.1 Å². The van der Waals surface area contributed by atoms with E-state index in [4.69, 9.17) is 0 Å². The van der Waals surface area contributed by atoms with E-state index in [0.29, 0.717) is 10.6 Å². The van der Waals surface area contributed by atoms with E-state index in [1.165, 1.54) is 16.2 Å². The number of hydrogen-bond donors (Lipinski definition) is 0. The van der Waals surface area contributed by atoms with E-state index < -0.39 is 0 Å². The second kappa shape index (κ2) is 3.49. The van der Waals surface area contributed by atoms with Gasteiger partial charge in [0.1, 0.15) is 4.88 Å². The molecular formula is C12H8N2O2S. The van der Waals surface area contributed by atoms with E-state index in [1.807, 2.05) is 6.07 Å². The normalized spacial score (nSPS) is 14.3. The lowest BCUT2D eigenvalue weighted by Gasteiger charge is -2.12. The number of aryl methyl sites for hydroxylation is 1. The molecule has 0 N–H and O–H groups in total. The van der Waals surface area contributed by atoms with Gasteiger partial charge >= 0.3 is 0 Å². The molecule has 0 unspecified atom stereocenters. The molecule has 1 aromatic carbocycles. The van der Waals surface area contributed by atoms with Crippen molar-refractivity contribution in [1.82, 2.24) is 4.98 Å². The number of aromatic nitrogens is 1. The fourth-order valence-electron chi connectivity index (χ4n) is 1.83. The third-order valence-electron chi connectivity index (χ3n) is 2.55. The molecule has 0 bridgehead atoms. The van der Waals surface area contributed by atoms with Crippen molar-refractivity contribution in [3.8, 4) is 0 Å². The highest BCUT2D eigenvalue weighted by atomic mass is 32.1. The Kier molecular flexibility index (Phi) is 2.09. The first-order valence-corrected chi connectivity index (χ1v) is 5.91. The highest BCUT2D eigenvalue weighted by Crippen LogP contribution is 2.31. The van der Waals surface area contributed by atoms with Crippen molar-refractivity contribution in [2.75, 3.05) is 4.90 Å². The zero-order valence-electron chi connectivity index (χ0n) is 9.01. The van der Waals surface area contributed by atoms with Crippen molar-refractivity contribution in [2.24, 2.45) is 0 Å². The predicted octanol–water partition coefficient (Wildman–Crippen LogP) is 2.25. The molecule has 2 heterocycles. The smallest absolute Gasteiger partial charge is 0.267 e. The largest absolute Gasteiger partial charge is 0.285 e. The standard InChI is InChI=1S/C12H8N2O2S/c1-7-13-9-10(17-7)12(16)14(11(9)15)8-5-3-2-4-6-8/h2-6H,1H3. The number of carbonyl (C=O) groups excluding carboxylic acids is 2. The monoisotopic (exact) mass is 244 g/mol. The molecule has 1 aliphatic rings. The Morgan fingerprint density at radius 1 is 1.12 bits per heavy atom. The van der Waals surface area contributed by atoms with Crippen molar-refractivity contribution < 1.29 is 9.59 Å². The zero-order valence-corrected chi connectivity index (χ0v) is 9.82. The molecule has 0 fully saturated rings. The van der Waals surface area contributed by atoms with Gasteiger partial charge in [-0.15, -0.1) is 11.3 Å². The Morgan fingerprint density at radius 2 is 1.82 bits per heavy atom. The van der Waals surface area contributed by atoms with Gasteiger partial charge in [-0.25, -0.2) is 9.88 Å². The van der Waals surface area contributed by atoms with E-state index in [2.05, 4.69) is 4.98 Å². The number of rotatable bonds is 1. The molecule has 4 nitrogen and oxygen atoms in total. The van der Waals surface area contributed by atoms with Gasteiger partial charge in [0, 0.05) is 0 Å². The Morgan fingerprint density at radius 3 is 2.47 bits per heavy atom. The number of nitrogens with zero attached hydrogens (tertiary/aromatic N) is 2. The fraction of sp³-hybridized carbons (Fsp3) is 0.0833. The van der Waals surface area contributed by atoms with Crippen molar-refractivity contribution in [2.45, 2.75) is 6.92 Å². The lowest BCUT2D eigenvalue weighted by molar-refractivity contribution is 0.0925. The highest BCUT2D eigenvalue weighted by Gasteiger charge is 2.39. The molecule has 2 aromatic rings. The maximum atomic E-state index is 12.1. The summed E-state index contributed by atoms with van der Waals surface area (Å²) in [7, 11) is 0. The summed E-state index contributed by atoms with van der Waals surface area (Å²) in [5, 5.41) is 0.740. The number of hydrogen-bond acceptors (Lipinski definition) is 4. The van der Waals surface area contributed by atoms with Crippen molar-refractivity contribution in [1.29, 1.82) is 0 Å². The predicted molar refractivity (Wildman–Crippen MR) is 64.4 cm³/mol. The van der Waals surface area contributed by atoms with Gasteiger partial charge in [0.25, 0.3) is 11.8 Å². The Bertz CT molecular complexity index is 585. The molecule has 0 spiro atoms. The third-order valence-corrected chi connectivity index (χ3v) is 3.51. The van der Waals surface area contributed by atoms with E-state index in [1.54, 1.807) is 31.2 Å². The number of thiazole rings is 1. The van der Waals surface area contributed by atoms with E-state index >= 15 is 0 Å². The van der Waals surface area contributed by atoms with Gasteiger partial charge in [0.05, 0.1) is 10.7 Å². The van der Waals surface area contributed by atoms with Gasteiger partial charge in [0.2, 0.25) is 0 Å². The summed E-state index contributed by atoms with van der Waals surface area (Å²) in [5.74, 6) is -0.609. The summed E-state index contributed by atoms with van der Waals surface area (Å²) < 4.78 is 0. The first-order valence-electron chi connectivity index (χ1n) is 5.10. The summed E-state index contributed by atoms with van der Waals surface area (Å²) in [6, 6.07) is 8.90. The summed E-state index contributed by atoms with van der Waals surface area (Å²) in [6.07, 6.45) is 0. The lowest BCUT2D eigenvalue weighted by atomic mass is 10.3. The summed E-state index contributed by atoms with van der Waals surface area (Å²) in [4.78, 5) is 29.9. The van der Waals surface area contributed by atoms with E-state index in [0.717, 1.165) is 5.01 Å². The topological polar surface area (TPSA) is 50.3 Å². The summed E-state index contributed by atoms with van der Waals surface area (Å²) in [6.45, 7) is 1.79. The van der Waals surface area contributed by atoms with Crippen LogP contribution in [0, 0.1) is 6.92 Å². The minimum atomic E-state index is -0.333. The Labute approximate surface area is 102 Å². The third kappa shape index (κ3) is 1.39. The number of imide groups is 1. The first kappa shape index (κ1) is 10.2. The second-order valence-corrected chi connectivity index (χ2v) is 4.90. The minimum absolute atomic E-state index is 0.276. The molecule has 84 valence electrons. The van der Waals surface area contributed by atoms with Gasteiger partial charge < -0.3 is 0 Å². The van der Waals surface area contributed by atoms with Gasteiger partial charge in [-0.2, -0.15) is 0 Å². The van der Waals surface area contributed by atoms with Crippen molar-refractivity contribution >= 4 is 28.8 Å². The number of fused-ring (bicyclic) bond motifs is 1. The molecule has 0 saturated heterocycles. The lowest BCUT2D eigenvalue weighted by Crippen LogP contribution is -2.29. The minimum Gasteiger partial charge on any atom is -0.267 e. The van der Waals surface area contributed by atoms with Crippen LogP contribution in [0.1, 0.15) is 25.2 Å². The SMILES string of the molecule is Cc1nc2c(s1)C(=O)N(c1ccccc1)C2=O. The number of amides is 2. The van der Waals surface area contributed by atoms with Crippen molar-refractivity contribution in [3.63, 3.8) is 0 Å². The van der Waals surface area contributed by atoms with Crippen LogP contribution in [0.25, 0.3) is 0 Å². The van der Waals surface area contributed by atoms with Crippen LogP contribution in [-0.4, -0.2) is 16.8 Å². The zero-order chi connectivity index (χ0) is 12.0. The molecule has 2 amide bonds. The highest BCUT2D eigenvalue weighted by molar-refractivity contribution is 7.14. The maximum Gasteiger partial charge on any atom is 0.285 e. The maximum absolute atomic E-state index is 12.1. The van der Waals surface area contributed by atoms with Crippen LogP contribution in [-0.2, 0) is 0 Å². The summed E-state index contributed by atoms with van der Waals surface area (Å²) >= 11 is 1.26. The molecule has 0 saturated carbocycles. The molecule has 0 aliphatic carbocycles. The summed E-state index contributed by atoms with van der Waals surface area (Å²) in [5.41, 5.74) is 0.867. The van der Waals surface area contributed by atoms with Crippen LogP contribution in [0.15, 0.2) is 30.3 Å². The molecule has 0 atom stereocenters. The molecule has 17 heavy (non-hydrogen) atoms.